The van der Waals surface area contributed by atoms with E-state index in [1.54, 1.807) is 0 Å². The van der Waals surface area contributed by atoms with Gasteiger partial charge in [-0.05, 0) is 38.5 Å². The van der Waals surface area contributed by atoms with E-state index in [2.05, 4.69) is 9.47 Å². The minimum Gasteiger partial charge on any atom is -0.469 e. The second-order valence-corrected chi connectivity index (χ2v) is 10.0. The zero-order chi connectivity index (χ0) is 25.5. The van der Waals surface area contributed by atoms with Crippen LogP contribution in [0.1, 0.15) is 116 Å². The van der Waals surface area contributed by atoms with Crippen LogP contribution in [-0.4, -0.2) is 50.3 Å². The fourth-order valence-corrected chi connectivity index (χ4v) is 5.11. The predicted octanol–water partition coefficient (Wildman–Crippen LogP) is 5.19. The number of esters is 4. The zero-order valence-electron chi connectivity index (χ0n) is 21.6. The summed E-state index contributed by atoms with van der Waals surface area (Å²) in [5.41, 5.74) is -1.09. The van der Waals surface area contributed by atoms with Crippen LogP contribution in [0.25, 0.3) is 0 Å². The van der Waals surface area contributed by atoms with Crippen molar-refractivity contribution in [2.45, 2.75) is 128 Å². The molecular formula is C27H44O8. The van der Waals surface area contributed by atoms with E-state index in [4.69, 9.17) is 9.47 Å². The van der Waals surface area contributed by atoms with Crippen LogP contribution >= 0.6 is 0 Å². The van der Waals surface area contributed by atoms with Gasteiger partial charge in [0.25, 0.3) is 0 Å². The first-order valence-electron chi connectivity index (χ1n) is 13.5. The minimum atomic E-state index is -1.09. The number of carbonyl (C=O) groups excluding carboxylic acids is 4. The second-order valence-electron chi connectivity index (χ2n) is 10.0. The molecule has 8 nitrogen and oxygen atoms in total. The SMILES string of the molecule is COC(=O)CCCCCCCCC1CC2(CC(CCCCCCCCC(=O)OC)OC2=O)C(=O)O1. The number of ether oxygens (including phenoxy) is 4. The van der Waals surface area contributed by atoms with Gasteiger partial charge in [-0.3, -0.25) is 19.2 Å². The van der Waals surface area contributed by atoms with Crippen LogP contribution < -0.4 is 0 Å². The Labute approximate surface area is 209 Å². The summed E-state index contributed by atoms with van der Waals surface area (Å²) in [6.45, 7) is 0. The first kappa shape index (κ1) is 29.1. The monoisotopic (exact) mass is 496 g/mol. The highest BCUT2D eigenvalue weighted by atomic mass is 16.6. The molecule has 0 amide bonds. The summed E-state index contributed by atoms with van der Waals surface area (Å²) in [6.07, 6.45) is 15.1. The Hall–Kier alpha value is -2.12. The van der Waals surface area contributed by atoms with Gasteiger partial charge in [0.2, 0.25) is 0 Å². The number of hydrogen-bond donors (Lipinski definition) is 0. The fourth-order valence-electron chi connectivity index (χ4n) is 5.11. The number of rotatable bonds is 18. The molecule has 2 aliphatic rings. The van der Waals surface area contributed by atoms with Crippen LogP contribution in [0.3, 0.4) is 0 Å². The molecule has 0 aromatic heterocycles. The average Bonchev–Trinajstić information content (AvgIpc) is 3.34. The third-order valence-electron chi connectivity index (χ3n) is 7.25. The summed E-state index contributed by atoms with van der Waals surface area (Å²) < 4.78 is 20.4. The number of hydrogen-bond acceptors (Lipinski definition) is 8. The highest BCUT2D eigenvalue weighted by molar-refractivity contribution is 6.02. The molecule has 35 heavy (non-hydrogen) atoms. The van der Waals surface area contributed by atoms with Gasteiger partial charge in [0.1, 0.15) is 12.2 Å². The maximum Gasteiger partial charge on any atom is 0.324 e. The first-order chi connectivity index (χ1) is 16.9. The Morgan fingerprint density at radius 3 is 1.37 bits per heavy atom. The fraction of sp³-hybridized carbons (Fsp3) is 0.852. The van der Waals surface area contributed by atoms with Crippen molar-refractivity contribution in [2.24, 2.45) is 5.41 Å². The van der Waals surface area contributed by atoms with Gasteiger partial charge in [0.05, 0.1) is 14.2 Å². The number of unbranched alkanes of at least 4 members (excludes halogenated alkanes) is 10. The van der Waals surface area contributed by atoms with Crippen molar-refractivity contribution in [2.75, 3.05) is 14.2 Å². The molecule has 0 aromatic rings. The van der Waals surface area contributed by atoms with Crippen LogP contribution in [0.4, 0.5) is 0 Å². The summed E-state index contributed by atoms with van der Waals surface area (Å²) in [7, 11) is 2.82. The predicted molar refractivity (Wildman–Crippen MR) is 129 cm³/mol. The van der Waals surface area contributed by atoms with Crippen LogP contribution in [0, 0.1) is 5.41 Å². The second kappa shape index (κ2) is 15.8. The van der Waals surface area contributed by atoms with Gasteiger partial charge in [0.15, 0.2) is 5.41 Å². The van der Waals surface area contributed by atoms with Gasteiger partial charge < -0.3 is 18.9 Å². The van der Waals surface area contributed by atoms with Crippen molar-refractivity contribution in [3.05, 3.63) is 0 Å². The third-order valence-corrected chi connectivity index (χ3v) is 7.25. The zero-order valence-corrected chi connectivity index (χ0v) is 21.6. The molecule has 0 aliphatic carbocycles. The van der Waals surface area contributed by atoms with E-state index in [1.165, 1.54) is 14.2 Å². The van der Waals surface area contributed by atoms with Crippen molar-refractivity contribution in [3.8, 4) is 0 Å². The molecule has 0 N–H and O–H groups in total. The highest BCUT2D eigenvalue weighted by Gasteiger charge is 2.60. The van der Waals surface area contributed by atoms with E-state index in [9.17, 15) is 19.2 Å². The van der Waals surface area contributed by atoms with Gasteiger partial charge in [-0.2, -0.15) is 0 Å². The Morgan fingerprint density at radius 2 is 1.00 bits per heavy atom. The van der Waals surface area contributed by atoms with E-state index in [0.717, 1.165) is 89.9 Å². The van der Waals surface area contributed by atoms with E-state index < -0.39 is 17.4 Å². The Kier molecular flexibility index (Phi) is 13.1. The lowest BCUT2D eigenvalue weighted by Gasteiger charge is -2.12. The third kappa shape index (κ3) is 9.80. The maximum atomic E-state index is 12.6. The lowest BCUT2D eigenvalue weighted by Crippen LogP contribution is -2.31. The van der Waals surface area contributed by atoms with Gasteiger partial charge >= 0.3 is 23.9 Å². The molecule has 2 fully saturated rings. The lowest BCUT2D eigenvalue weighted by atomic mass is 9.80. The molecule has 2 rings (SSSR count). The number of cyclic esters (lactones) is 2. The maximum absolute atomic E-state index is 12.6. The average molecular weight is 497 g/mol. The molecular weight excluding hydrogens is 452 g/mol. The highest BCUT2D eigenvalue weighted by Crippen LogP contribution is 2.46. The molecule has 2 aliphatic heterocycles. The van der Waals surface area contributed by atoms with Crippen LogP contribution in [0.15, 0.2) is 0 Å². The largest absolute Gasteiger partial charge is 0.469 e. The molecule has 8 heteroatoms. The van der Waals surface area contributed by atoms with Gasteiger partial charge in [-0.25, -0.2) is 0 Å². The van der Waals surface area contributed by atoms with E-state index in [-0.39, 0.29) is 24.1 Å². The van der Waals surface area contributed by atoms with Gasteiger partial charge in [-0.15, -0.1) is 0 Å². The minimum absolute atomic E-state index is 0.154. The number of methoxy groups -OCH3 is 2. The molecule has 2 saturated heterocycles. The van der Waals surface area contributed by atoms with Crippen LogP contribution in [0.2, 0.25) is 0 Å². The van der Waals surface area contributed by atoms with Crippen molar-refractivity contribution < 1.29 is 38.1 Å². The first-order valence-corrected chi connectivity index (χ1v) is 13.5. The van der Waals surface area contributed by atoms with E-state index in [1.807, 2.05) is 0 Å². The summed E-state index contributed by atoms with van der Waals surface area (Å²) >= 11 is 0. The van der Waals surface area contributed by atoms with E-state index in [0.29, 0.717) is 25.7 Å². The van der Waals surface area contributed by atoms with Gasteiger partial charge in [0, 0.05) is 25.7 Å². The number of carbonyl (C=O) groups is 4. The Balaban J connectivity index is 1.55. The molecule has 1 spiro atoms. The van der Waals surface area contributed by atoms with E-state index >= 15 is 0 Å². The van der Waals surface area contributed by atoms with Crippen molar-refractivity contribution >= 4 is 23.9 Å². The normalized spacial score (nSPS) is 23.4. The molecule has 0 bridgehead atoms. The molecule has 2 heterocycles. The quantitative estimate of drug-likeness (QED) is 0.110. The lowest BCUT2D eigenvalue weighted by molar-refractivity contribution is -0.158. The summed E-state index contributed by atoms with van der Waals surface area (Å²) in [5, 5.41) is 0. The standard InChI is InChI=1S/C27H44O8/c1-32-23(28)17-13-9-5-3-7-11-15-21-19-27(25(30)34-21)20-22(35-26(27)31)16-12-8-4-6-10-14-18-24(29)33-2/h21-22H,3-20H2,1-2H3. The van der Waals surface area contributed by atoms with Crippen molar-refractivity contribution in [3.63, 3.8) is 0 Å². The van der Waals surface area contributed by atoms with Crippen molar-refractivity contribution in [1.29, 1.82) is 0 Å². The Bertz CT molecular complexity index is 631. The summed E-state index contributed by atoms with van der Waals surface area (Å²) in [4.78, 5) is 47.4. The van der Waals surface area contributed by atoms with Crippen molar-refractivity contribution in [1.82, 2.24) is 0 Å². The molecule has 0 saturated carbocycles. The summed E-state index contributed by atoms with van der Waals surface area (Å²) in [5.74, 6) is -1.11. The molecule has 0 radical (unpaired) electrons. The van der Waals surface area contributed by atoms with Gasteiger partial charge in [-0.1, -0.05) is 51.4 Å². The topological polar surface area (TPSA) is 105 Å². The Morgan fingerprint density at radius 1 is 0.657 bits per heavy atom. The molecule has 200 valence electrons. The smallest absolute Gasteiger partial charge is 0.324 e. The molecule has 2 unspecified atom stereocenters. The molecule has 0 aromatic carbocycles. The van der Waals surface area contributed by atoms with Crippen LogP contribution in [0.5, 0.6) is 0 Å². The summed E-state index contributed by atoms with van der Waals surface area (Å²) in [6, 6.07) is 0. The molecule has 2 atom stereocenters. The van der Waals surface area contributed by atoms with Crippen LogP contribution in [-0.2, 0) is 38.1 Å².